The Balaban J connectivity index is 1.98. The van der Waals surface area contributed by atoms with Gasteiger partial charge in [-0.3, -0.25) is 4.79 Å². The van der Waals surface area contributed by atoms with E-state index >= 15 is 0 Å². The lowest BCUT2D eigenvalue weighted by molar-refractivity contribution is -0.131. The van der Waals surface area contributed by atoms with Gasteiger partial charge in [-0.1, -0.05) is 12.1 Å². The van der Waals surface area contributed by atoms with Gasteiger partial charge in [0, 0.05) is 26.7 Å². The van der Waals surface area contributed by atoms with Crippen molar-refractivity contribution < 1.29 is 19.4 Å². The molecule has 0 radical (unpaired) electrons. The molecule has 1 aromatic rings. The summed E-state index contributed by atoms with van der Waals surface area (Å²) in [6, 6.07) is 5.23. The van der Waals surface area contributed by atoms with Crippen molar-refractivity contribution in [2.24, 2.45) is 0 Å². The molecule has 0 aliphatic carbocycles. The van der Waals surface area contributed by atoms with Crippen LogP contribution in [0.2, 0.25) is 0 Å². The van der Waals surface area contributed by atoms with Gasteiger partial charge >= 0.3 is 5.97 Å². The predicted molar refractivity (Wildman–Crippen MR) is 77.3 cm³/mol. The Hall–Kier alpha value is -1.92. The average Bonchev–Trinajstić information content (AvgIpc) is 2.50. The van der Waals surface area contributed by atoms with Crippen molar-refractivity contribution in [2.75, 3.05) is 33.4 Å². The SMILES string of the molecule is COCCNCC(=O)N1CCc2c(cccc2C(=O)O)C1. The molecule has 0 spiro atoms. The number of methoxy groups -OCH3 is 1. The first-order valence-corrected chi connectivity index (χ1v) is 6.95. The third-order valence-corrected chi connectivity index (χ3v) is 3.61. The molecule has 114 valence electrons. The van der Waals surface area contributed by atoms with Crippen LogP contribution < -0.4 is 5.32 Å². The number of benzene rings is 1. The molecule has 0 aromatic heterocycles. The summed E-state index contributed by atoms with van der Waals surface area (Å²) in [5.74, 6) is -0.884. The molecule has 1 aliphatic rings. The van der Waals surface area contributed by atoms with Crippen LogP contribution in [0.1, 0.15) is 21.5 Å². The van der Waals surface area contributed by atoms with Crippen molar-refractivity contribution in [3.63, 3.8) is 0 Å². The number of amides is 1. The minimum Gasteiger partial charge on any atom is -0.478 e. The average molecular weight is 292 g/mol. The summed E-state index contributed by atoms with van der Waals surface area (Å²) in [5.41, 5.74) is 2.12. The molecule has 0 saturated heterocycles. The molecule has 0 unspecified atom stereocenters. The Labute approximate surface area is 123 Å². The van der Waals surface area contributed by atoms with E-state index in [0.29, 0.717) is 38.2 Å². The summed E-state index contributed by atoms with van der Waals surface area (Å²) in [7, 11) is 1.62. The fraction of sp³-hybridized carbons (Fsp3) is 0.467. The normalized spacial score (nSPS) is 13.9. The van der Waals surface area contributed by atoms with Crippen molar-refractivity contribution in [1.29, 1.82) is 0 Å². The minimum atomic E-state index is -0.909. The number of nitrogens with zero attached hydrogens (tertiary/aromatic N) is 1. The van der Waals surface area contributed by atoms with Crippen LogP contribution in [-0.4, -0.2) is 55.2 Å². The standard InChI is InChI=1S/C15H20N2O4/c1-21-8-6-16-9-14(18)17-7-5-12-11(10-17)3-2-4-13(12)15(19)20/h2-4,16H,5-10H2,1H3,(H,19,20). The van der Waals surface area contributed by atoms with Gasteiger partial charge in [0.25, 0.3) is 0 Å². The van der Waals surface area contributed by atoms with E-state index < -0.39 is 5.97 Å². The Morgan fingerprint density at radius 1 is 1.43 bits per heavy atom. The van der Waals surface area contributed by atoms with E-state index in [2.05, 4.69) is 5.32 Å². The van der Waals surface area contributed by atoms with E-state index in [9.17, 15) is 14.7 Å². The summed E-state index contributed by atoms with van der Waals surface area (Å²) in [5, 5.41) is 12.2. The highest BCUT2D eigenvalue weighted by molar-refractivity contribution is 5.90. The van der Waals surface area contributed by atoms with Crippen LogP contribution in [0.3, 0.4) is 0 Å². The van der Waals surface area contributed by atoms with Gasteiger partial charge in [-0.05, 0) is 23.6 Å². The number of nitrogens with one attached hydrogen (secondary N) is 1. The maximum Gasteiger partial charge on any atom is 0.335 e. The zero-order chi connectivity index (χ0) is 15.2. The second-order valence-electron chi connectivity index (χ2n) is 4.98. The number of hydrogen-bond donors (Lipinski definition) is 2. The zero-order valence-corrected chi connectivity index (χ0v) is 12.1. The molecule has 2 rings (SSSR count). The van der Waals surface area contributed by atoms with Gasteiger partial charge in [0.2, 0.25) is 5.91 Å². The van der Waals surface area contributed by atoms with Gasteiger partial charge in [0.1, 0.15) is 0 Å². The third kappa shape index (κ3) is 3.80. The zero-order valence-electron chi connectivity index (χ0n) is 12.1. The largest absolute Gasteiger partial charge is 0.478 e. The van der Waals surface area contributed by atoms with Gasteiger partial charge in [-0.15, -0.1) is 0 Å². The number of carbonyl (C=O) groups excluding carboxylic acids is 1. The molecular formula is C15H20N2O4. The van der Waals surface area contributed by atoms with Gasteiger partial charge in [-0.25, -0.2) is 4.79 Å². The molecule has 21 heavy (non-hydrogen) atoms. The van der Waals surface area contributed by atoms with E-state index in [0.717, 1.165) is 11.1 Å². The summed E-state index contributed by atoms with van der Waals surface area (Å²) < 4.78 is 4.91. The van der Waals surface area contributed by atoms with Crippen LogP contribution in [0.4, 0.5) is 0 Å². The molecule has 2 N–H and O–H groups in total. The van der Waals surface area contributed by atoms with E-state index in [4.69, 9.17) is 4.74 Å². The van der Waals surface area contributed by atoms with Crippen molar-refractivity contribution in [2.45, 2.75) is 13.0 Å². The van der Waals surface area contributed by atoms with E-state index in [1.807, 2.05) is 6.07 Å². The minimum absolute atomic E-state index is 0.0254. The third-order valence-electron chi connectivity index (χ3n) is 3.61. The van der Waals surface area contributed by atoms with Gasteiger partial charge in [0.15, 0.2) is 0 Å². The number of hydrogen-bond acceptors (Lipinski definition) is 4. The molecule has 0 atom stereocenters. The highest BCUT2D eigenvalue weighted by atomic mass is 16.5. The van der Waals surface area contributed by atoms with Crippen LogP contribution in [0.15, 0.2) is 18.2 Å². The van der Waals surface area contributed by atoms with Crippen molar-refractivity contribution in [3.8, 4) is 0 Å². The molecule has 6 nitrogen and oxygen atoms in total. The Kier molecular flexibility index (Phi) is 5.30. The van der Waals surface area contributed by atoms with E-state index in [1.165, 1.54) is 0 Å². The maximum atomic E-state index is 12.1. The monoisotopic (exact) mass is 292 g/mol. The summed E-state index contributed by atoms with van der Waals surface area (Å²) in [4.78, 5) is 25.0. The van der Waals surface area contributed by atoms with Crippen LogP contribution in [-0.2, 0) is 22.5 Å². The number of carboxylic acids is 1. The van der Waals surface area contributed by atoms with Crippen molar-refractivity contribution in [1.82, 2.24) is 10.2 Å². The number of carbonyl (C=O) groups is 2. The Bertz CT molecular complexity index is 530. The Morgan fingerprint density at radius 2 is 2.24 bits per heavy atom. The van der Waals surface area contributed by atoms with Crippen LogP contribution in [0.5, 0.6) is 0 Å². The topological polar surface area (TPSA) is 78.9 Å². The van der Waals surface area contributed by atoms with E-state index in [1.54, 1.807) is 24.1 Å². The lowest BCUT2D eigenvalue weighted by Crippen LogP contribution is -2.42. The van der Waals surface area contributed by atoms with Crippen LogP contribution in [0.25, 0.3) is 0 Å². The highest BCUT2D eigenvalue weighted by Crippen LogP contribution is 2.22. The highest BCUT2D eigenvalue weighted by Gasteiger charge is 2.23. The van der Waals surface area contributed by atoms with Crippen molar-refractivity contribution in [3.05, 3.63) is 34.9 Å². The fourth-order valence-electron chi connectivity index (χ4n) is 2.50. The molecular weight excluding hydrogens is 272 g/mol. The molecule has 1 aliphatic heterocycles. The molecule has 1 aromatic carbocycles. The molecule has 0 fully saturated rings. The van der Waals surface area contributed by atoms with Gasteiger partial charge in [0.05, 0.1) is 18.7 Å². The second kappa shape index (κ2) is 7.19. The van der Waals surface area contributed by atoms with Crippen molar-refractivity contribution >= 4 is 11.9 Å². The van der Waals surface area contributed by atoms with E-state index in [-0.39, 0.29) is 12.5 Å². The molecule has 0 saturated carbocycles. The smallest absolute Gasteiger partial charge is 0.335 e. The summed E-state index contributed by atoms with van der Waals surface area (Å²) >= 11 is 0. The molecule has 6 heteroatoms. The number of aromatic carboxylic acids is 1. The quantitative estimate of drug-likeness (QED) is 0.747. The lowest BCUT2D eigenvalue weighted by Gasteiger charge is -2.29. The molecule has 1 heterocycles. The molecule has 1 amide bonds. The number of rotatable bonds is 6. The van der Waals surface area contributed by atoms with Crippen LogP contribution in [0, 0.1) is 0 Å². The first kappa shape index (κ1) is 15.5. The number of carboxylic acid groups (broad SMARTS) is 1. The number of fused-ring (bicyclic) bond motifs is 1. The summed E-state index contributed by atoms with van der Waals surface area (Å²) in [6.45, 7) is 2.51. The Morgan fingerprint density at radius 3 is 2.95 bits per heavy atom. The van der Waals surface area contributed by atoms with Crippen LogP contribution >= 0.6 is 0 Å². The number of ether oxygens (including phenoxy) is 1. The maximum absolute atomic E-state index is 12.1. The van der Waals surface area contributed by atoms with Gasteiger partial charge < -0.3 is 20.1 Å². The fourth-order valence-corrected chi connectivity index (χ4v) is 2.50. The second-order valence-corrected chi connectivity index (χ2v) is 4.98. The summed E-state index contributed by atoms with van der Waals surface area (Å²) in [6.07, 6.45) is 0.585. The molecule has 0 bridgehead atoms. The lowest BCUT2D eigenvalue weighted by atomic mass is 9.94. The first-order valence-electron chi connectivity index (χ1n) is 6.95. The predicted octanol–water partition coefficient (Wildman–Crippen LogP) is 0.506. The first-order chi connectivity index (χ1) is 10.1. The van der Waals surface area contributed by atoms with Gasteiger partial charge in [-0.2, -0.15) is 0 Å².